The first kappa shape index (κ1) is 23.7. The number of nitrogens with zero attached hydrogens (tertiary/aromatic N) is 3. The van der Waals surface area contributed by atoms with Gasteiger partial charge < -0.3 is 15.4 Å². The average molecular weight is 516 g/mol. The molecule has 5 rings (SSSR count). The minimum atomic E-state index is -4.02. The third kappa shape index (κ3) is 4.50. The number of morpholine rings is 1. The Morgan fingerprint density at radius 3 is 2.63 bits per heavy atom. The normalized spacial score (nSPS) is 15.1. The summed E-state index contributed by atoms with van der Waals surface area (Å²) in [5.74, 6) is 0.0524. The molecule has 0 bridgehead atoms. The van der Waals surface area contributed by atoms with Crippen molar-refractivity contribution in [3.05, 3.63) is 70.1 Å². The van der Waals surface area contributed by atoms with Gasteiger partial charge in [0.1, 0.15) is 23.4 Å². The van der Waals surface area contributed by atoms with Gasteiger partial charge in [-0.15, -0.1) is 0 Å². The molecule has 1 fully saturated rings. The number of quaternary nitrogens is 1. The second-order valence-electron chi connectivity index (χ2n) is 8.55. The van der Waals surface area contributed by atoms with Crippen molar-refractivity contribution in [2.45, 2.75) is 22.8 Å². The highest BCUT2D eigenvalue weighted by molar-refractivity contribution is 7.91. The predicted molar refractivity (Wildman–Crippen MR) is 131 cm³/mol. The Labute approximate surface area is 207 Å². The zero-order valence-corrected chi connectivity index (χ0v) is 20.6. The smallest absolute Gasteiger partial charge is 0.278 e. The van der Waals surface area contributed by atoms with Crippen molar-refractivity contribution in [3.8, 4) is 0 Å². The standard InChI is InChI=1S/C24H24ClN5O4S/c25-17-5-7-18(8-6-17)35(32,33)20-16-19-23(27-21-4-1-2-10-29(21)24(19)31)30(22(20)26)11-3-9-28-12-14-34-15-13-28/h1-2,4-8,10,16,26H,3,9,11-15H2/p+2. The molecule has 0 saturated carbocycles. The van der Waals surface area contributed by atoms with Crippen molar-refractivity contribution in [1.29, 1.82) is 0 Å². The summed E-state index contributed by atoms with van der Waals surface area (Å²) in [5.41, 5.74) is 6.97. The van der Waals surface area contributed by atoms with Gasteiger partial charge in [0, 0.05) is 17.6 Å². The summed E-state index contributed by atoms with van der Waals surface area (Å²) in [6, 6.07) is 12.5. The summed E-state index contributed by atoms with van der Waals surface area (Å²) in [4.78, 5) is 19.4. The van der Waals surface area contributed by atoms with Crippen LogP contribution in [0.3, 0.4) is 0 Å². The number of anilines is 1. The fourth-order valence-corrected chi connectivity index (χ4v) is 5.99. The third-order valence-corrected chi connectivity index (χ3v) is 8.40. The lowest BCUT2D eigenvalue weighted by molar-refractivity contribution is -0.910. The van der Waals surface area contributed by atoms with E-state index in [4.69, 9.17) is 22.1 Å². The maximum absolute atomic E-state index is 13.6. The summed E-state index contributed by atoms with van der Waals surface area (Å²) in [7, 11) is -4.02. The fourth-order valence-electron chi connectivity index (χ4n) is 4.45. The first-order valence-corrected chi connectivity index (χ1v) is 13.3. The Hall–Kier alpha value is -3.05. The third-order valence-electron chi connectivity index (χ3n) is 6.35. The number of pyridine rings is 2. The van der Waals surface area contributed by atoms with Crippen molar-refractivity contribution in [1.82, 2.24) is 9.38 Å². The van der Waals surface area contributed by atoms with Crippen molar-refractivity contribution >= 4 is 43.9 Å². The minimum absolute atomic E-state index is 0.0473. The number of nitrogen functional groups attached to an aromatic ring is 1. The molecule has 0 radical (unpaired) electrons. The number of aromatic nitrogens is 3. The number of halogens is 1. The van der Waals surface area contributed by atoms with Crippen LogP contribution in [0.4, 0.5) is 5.82 Å². The van der Waals surface area contributed by atoms with Gasteiger partial charge in [0.25, 0.3) is 11.2 Å². The topological polar surface area (TPSA) is 112 Å². The molecule has 11 heteroatoms. The van der Waals surface area contributed by atoms with Crippen LogP contribution in [-0.4, -0.2) is 50.7 Å². The van der Waals surface area contributed by atoms with E-state index in [0.717, 1.165) is 39.3 Å². The molecule has 9 nitrogen and oxygen atoms in total. The molecule has 1 aliphatic heterocycles. The van der Waals surface area contributed by atoms with Gasteiger partial charge >= 0.3 is 0 Å². The summed E-state index contributed by atoms with van der Waals surface area (Å²) in [6.45, 7) is 4.61. The highest BCUT2D eigenvalue weighted by Crippen LogP contribution is 2.27. The number of ether oxygens (including phenoxy) is 1. The van der Waals surface area contributed by atoms with Gasteiger partial charge in [-0.25, -0.2) is 13.0 Å². The summed E-state index contributed by atoms with van der Waals surface area (Å²) < 4.78 is 35.6. The molecule has 35 heavy (non-hydrogen) atoms. The fraction of sp³-hybridized carbons (Fsp3) is 0.292. The summed E-state index contributed by atoms with van der Waals surface area (Å²) in [5, 5.41) is 0.610. The Bertz CT molecular complexity index is 1570. The van der Waals surface area contributed by atoms with Crippen LogP contribution >= 0.6 is 11.6 Å². The van der Waals surface area contributed by atoms with Crippen molar-refractivity contribution in [2.75, 3.05) is 38.6 Å². The Balaban J connectivity index is 1.66. The van der Waals surface area contributed by atoms with Crippen LogP contribution < -0.4 is 20.8 Å². The predicted octanol–water partition coefficient (Wildman–Crippen LogP) is 0.509. The van der Waals surface area contributed by atoms with E-state index in [9.17, 15) is 13.2 Å². The number of aryl methyl sites for hydroxylation is 1. The largest absolute Gasteiger partial charge is 0.370 e. The van der Waals surface area contributed by atoms with E-state index in [1.54, 1.807) is 29.0 Å². The molecule has 0 aliphatic carbocycles. The van der Waals surface area contributed by atoms with E-state index in [1.807, 2.05) is 0 Å². The second-order valence-corrected chi connectivity index (χ2v) is 10.9. The van der Waals surface area contributed by atoms with Gasteiger partial charge in [0.05, 0.1) is 31.2 Å². The maximum atomic E-state index is 13.6. The van der Waals surface area contributed by atoms with E-state index < -0.39 is 9.84 Å². The lowest BCUT2D eigenvalue weighted by atomic mass is 10.2. The zero-order valence-electron chi connectivity index (χ0n) is 19.0. The maximum Gasteiger partial charge on any atom is 0.278 e. The molecular weight excluding hydrogens is 490 g/mol. The number of rotatable bonds is 6. The van der Waals surface area contributed by atoms with Crippen LogP contribution in [0.15, 0.2) is 69.3 Å². The molecule has 0 amide bonds. The lowest BCUT2D eigenvalue weighted by Gasteiger charge is -2.23. The van der Waals surface area contributed by atoms with Crippen molar-refractivity contribution < 1.29 is 22.6 Å². The number of sulfone groups is 1. The molecule has 3 aromatic heterocycles. The van der Waals surface area contributed by atoms with Gasteiger partial charge in [-0.05, 0) is 42.5 Å². The van der Waals surface area contributed by atoms with Crippen LogP contribution in [-0.2, 0) is 21.1 Å². The molecule has 1 saturated heterocycles. The molecular formula is C24H26ClN5O4S+2. The highest BCUT2D eigenvalue weighted by Gasteiger charge is 2.29. The molecule has 3 N–H and O–H groups in total. The average Bonchev–Trinajstić information content (AvgIpc) is 2.86. The molecule has 4 aromatic rings. The number of hydrogen-bond donors (Lipinski definition) is 2. The molecule has 4 heterocycles. The van der Waals surface area contributed by atoms with Crippen molar-refractivity contribution in [3.63, 3.8) is 0 Å². The number of nitrogens with two attached hydrogens (primary N) is 1. The minimum Gasteiger partial charge on any atom is -0.370 e. The first-order valence-electron chi connectivity index (χ1n) is 11.4. The van der Waals surface area contributed by atoms with Crippen LogP contribution in [0, 0.1) is 0 Å². The first-order chi connectivity index (χ1) is 16.9. The van der Waals surface area contributed by atoms with E-state index in [2.05, 4.69) is 4.98 Å². The van der Waals surface area contributed by atoms with E-state index in [1.165, 1.54) is 39.6 Å². The summed E-state index contributed by atoms with van der Waals surface area (Å²) >= 11 is 5.95. The number of fused-ring (bicyclic) bond motifs is 2. The molecule has 0 unspecified atom stereocenters. The van der Waals surface area contributed by atoms with Crippen LogP contribution in [0.25, 0.3) is 16.7 Å². The Kier molecular flexibility index (Phi) is 6.45. The molecule has 1 aromatic carbocycles. The quantitative estimate of drug-likeness (QED) is 0.286. The molecule has 0 atom stereocenters. The van der Waals surface area contributed by atoms with Crippen molar-refractivity contribution in [2.24, 2.45) is 0 Å². The number of nitrogens with one attached hydrogen (secondary N) is 1. The van der Waals surface area contributed by atoms with E-state index >= 15 is 0 Å². The molecule has 1 aliphatic rings. The van der Waals surface area contributed by atoms with Gasteiger partial charge in [-0.2, -0.15) is 0 Å². The van der Waals surface area contributed by atoms with Gasteiger partial charge in [-0.3, -0.25) is 9.20 Å². The van der Waals surface area contributed by atoms with Crippen LogP contribution in [0.1, 0.15) is 6.42 Å². The van der Waals surface area contributed by atoms with Gasteiger partial charge in [0.2, 0.25) is 21.3 Å². The molecule has 182 valence electrons. The Morgan fingerprint density at radius 1 is 1.14 bits per heavy atom. The second kappa shape index (κ2) is 9.54. The number of hydrogen-bond acceptors (Lipinski definition) is 6. The van der Waals surface area contributed by atoms with Gasteiger partial charge in [-0.1, -0.05) is 22.7 Å². The van der Waals surface area contributed by atoms with E-state index in [0.29, 0.717) is 22.9 Å². The highest BCUT2D eigenvalue weighted by atomic mass is 35.5. The van der Waals surface area contributed by atoms with Crippen LogP contribution in [0.2, 0.25) is 5.02 Å². The Morgan fingerprint density at radius 2 is 1.89 bits per heavy atom. The van der Waals surface area contributed by atoms with Gasteiger partial charge in [0.15, 0.2) is 0 Å². The van der Waals surface area contributed by atoms with E-state index in [-0.39, 0.29) is 26.6 Å². The zero-order chi connectivity index (χ0) is 24.6. The monoisotopic (exact) mass is 515 g/mol. The number of benzene rings is 1. The SMILES string of the molecule is Nc1c(S(=O)(=O)c2ccc(Cl)cc2)cc2c(=O)n3ccccc3nc2[n+]1CCC[NH+]1CCOCC1. The summed E-state index contributed by atoms with van der Waals surface area (Å²) in [6.07, 6.45) is 2.35. The van der Waals surface area contributed by atoms with Crippen LogP contribution in [0.5, 0.6) is 0 Å². The molecule has 0 spiro atoms. The lowest BCUT2D eigenvalue weighted by Crippen LogP contribution is -3.14.